The molecule has 124 valence electrons. The first-order chi connectivity index (χ1) is 10.7. The van der Waals surface area contributed by atoms with Crippen LogP contribution in [0.3, 0.4) is 0 Å². The van der Waals surface area contributed by atoms with Crippen molar-refractivity contribution in [1.82, 2.24) is 10.1 Å². The molecular weight excluding hydrogens is 358 g/mol. The molecule has 1 aromatic carbocycles. The molecule has 0 radical (unpaired) electrons. The van der Waals surface area contributed by atoms with E-state index in [9.17, 15) is 5.11 Å². The second-order valence-electron chi connectivity index (χ2n) is 7.12. The van der Waals surface area contributed by atoms with E-state index in [0.717, 1.165) is 10.0 Å². The number of halogens is 1. The summed E-state index contributed by atoms with van der Waals surface area (Å²) in [5.74, 6) is 0.977. The topological polar surface area (TPSA) is 62.4 Å². The van der Waals surface area contributed by atoms with Gasteiger partial charge >= 0.3 is 6.01 Å². The van der Waals surface area contributed by atoms with E-state index < -0.39 is 5.60 Å². The fraction of sp³-hybridized carbons (Fsp3) is 0.529. The molecule has 1 saturated heterocycles. The van der Waals surface area contributed by atoms with Crippen molar-refractivity contribution >= 4 is 21.9 Å². The van der Waals surface area contributed by atoms with Crippen LogP contribution >= 0.6 is 15.9 Å². The Balaban J connectivity index is 1.93. The van der Waals surface area contributed by atoms with Gasteiger partial charge in [-0.05, 0) is 37.5 Å². The van der Waals surface area contributed by atoms with Gasteiger partial charge in [-0.2, -0.15) is 4.98 Å². The van der Waals surface area contributed by atoms with Gasteiger partial charge in [0, 0.05) is 4.47 Å². The van der Waals surface area contributed by atoms with Crippen LogP contribution in [0.25, 0.3) is 0 Å². The molecule has 0 bridgehead atoms. The average Bonchev–Trinajstić information content (AvgIpc) is 2.94. The van der Waals surface area contributed by atoms with E-state index in [1.807, 2.05) is 17.0 Å². The maximum Gasteiger partial charge on any atom is 0.324 e. The summed E-state index contributed by atoms with van der Waals surface area (Å²) in [4.78, 5) is 6.52. The van der Waals surface area contributed by atoms with Gasteiger partial charge in [-0.3, -0.25) is 0 Å². The van der Waals surface area contributed by atoms with Crippen molar-refractivity contribution in [2.45, 2.75) is 38.7 Å². The van der Waals surface area contributed by atoms with Gasteiger partial charge in [-0.15, -0.1) is 0 Å². The highest BCUT2D eigenvalue weighted by atomic mass is 79.9. The van der Waals surface area contributed by atoms with Crippen molar-refractivity contribution in [2.75, 3.05) is 18.0 Å². The van der Waals surface area contributed by atoms with E-state index in [1.165, 1.54) is 0 Å². The molecule has 2 heterocycles. The summed E-state index contributed by atoms with van der Waals surface area (Å²) in [7, 11) is 0. The summed E-state index contributed by atoms with van der Waals surface area (Å²) < 4.78 is 6.49. The van der Waals surface area contributed by atoms with Crippen molar-refractivity contribution in [3.8, 4) is 0 Å². The molecule has 6 heteroatoms. The Hall–Kier alpha value is -1.40. The van der Waals surface area contributed by atoms with Gasteiger partial charge in [0.25, 0.3) is 0 Å². The Labute approximate surface area is 144 Å². The van der Waals surface area contributed by atoms with Crippen molar-refractivity contribution < 1.29 is 9.63 Å². The normalized spacial score (nSPS) is 19.5. The zero-order valence-electron chi connectivity index (χ0n) is 13.9. The minimum absolute atomic E-state index is 0.300. The number of rotatable bonds is 4. The fourth-order valence-electron chi connectivity index (χ4n) is 2.98. The molecule has 2 aromatic rings. The molecule has 1 unspecified atom stereocenters. The number of anilines is 1. The van der Waals surface area contributed by atoms with Gasteiger partial charge < -0.3 is 14.5 Å². The molecule has 1 aliphatic rings. The molecule has 1 aromatic heterocycles. The molecule has 3 rings (SSSR count). The summed E-state index contributed by atoms with van der Waals surface area (Å²) in [5.41, 5.74) is 0.149. The van der Waals surface area contributed by atoms with Gasteiger partial charge in [-0.1, -0.05) is 47.1 Å². The number of aromatic nitrogens is 2. The Morgan fingerprint density at radius 2 is 1.91 bits per heavy atom. The van der Waals surface area contributed by atoms with Gasteiger partial charge in [0.1, 0.15) is 0 Å². The Morgan fingerprint density at radius 1 is 1.30 bits per heavy atom. The molecule has 0 aliphatic carbocycles. The molecule has 1 fully saturated rings. The van der Waals surface area contributed by atoms with E-state index in [1.54, 1.807) is 6.92 Å². The standard InChI is InChI=1S/C17H22BrN3O2/c1-11(2)17(4,12-5-7-13(18)8-6-12)14-19-15(23-20-14)21-9-16(3,22)10-21/h5-8,11,22H,9-10H2,1-4H3. The Kier molecular flexibility index (Phi) is 4.01. The van der Waals surface area contributed by atoms with E-state index in [4.69, 9.17) is 4.52 Å². The highest BCUT2D eigenvalue weighted by Crippen LogP contribution is 2.39. The first kappa shape index (κ1) is 16.5. The van der Waals surface area contributed by atoms with E-state index in [-0.39, 0.29) is 5.41 Å². The number of β-amino-alcohol motifs (C(OH)–C–C–N with tert-alkyl or cyclic N) is 1. The van der Waals surface area contributed by atoms with Crippen LogP contribution in [0.5, 0.6) is 0 Å². The molecule has 5 nitrogen and oxygen atoms in total. The minimum atomic E-state index is -0.665. The molecule has 0 amide bonds. The molecule has 1 N–H and O–H groups in total. The summed E-state index contributed by atoms with van der Waals surface area (Å²) >= 11 is 3.48. The second kappa shape index (κ2) is 5.60. The third-order valence-electron chi connectivity index (χ3n) is 4.81. The number of hydrogen-bond acceptors (Lipinski definition) is 5. The number of benzene rings is 1. The van der Waals surface area contributed by atoms with Crippen LogP contribution in [-0.4, -0.2) is 33.9 Å². The van der Waals surface area contributed by atoms with Crippen LogP contribution < -0.4 is 4.90 Å². The maximum absolute atomic E-state index is 9.87. The SMILES string of the molecule is CC(C)C(C)(c1ccc(Br)cc1)c1noc(N2CC(C)(O)C2)n1. The van der Waals surface area contributed by atoms with Gasteiger partial charge in [-0.25, -0.2) is 0 Å². The maximum atomic E-state index is 9.87. The van der Waals surface area contributed by atoms with Crippen LogP contribution in [0, 0.1) is 5.92 Å². The molecule has 1 aliphatic heterocycles. The average molecular weight is 380 g/mol. The van der Waals surface area contributed by atoms with Crippen LogP contribution in [0.15, 0.2) is 33.3 Å². The predicted molar refractivity (Wildman–Crippen MR) is 92.6 cm³/mol. The molecule has 0 saturated carbocycles. The monoisotopic (exact) mass is 379 g/mol. The first-order valence-electron chi connectivity index (χ1n) is 7.80. The molecule has 1 atom stereocenters. The van der Waals surface area contributed by atoms with Crippen molar-refractivity contribution in [2.24, 2.45) is 5.92 Å². The van der Waals surface area contributed by atoms with Crippen LogP contribution in [0.1, 0.15) is 39.1 Å². The second-order valence-corrected chi connectivity index (χ2v) is 8.03. The lowest BCUT2D eigenvalue weighted by Crippen LogP contribution is -2.60. The largest absolute Gasteiger partial charge is 0.386 e. The lowest BCUT2D eigenvalue weighted by atomic mass is 9.73. The van der Waals surface area contributed by atoms with E-state index in [0.29, 0.717) is 30.8 Å². The fourth-order valence-corrected chi connectivity index (χ4v) is 3.25. The van der Waals surface area contributed by atoms with Crippen LogP contribution in [-0.2, 0) is 5.41 Å². The zero-order valence-corrected chi connectivity index (χ0v) is 15.5. The summed E-state index contributed by atoms with van der Waals surface area (Å²) in [6.45, 7) is 9.30. The van der Waals surface area contributed by atoms with E-state index in [2.05, 4.69) is 59.0 Å². The minimum Gasteiger partial charge on any atom is -0.386 e. The third kappa shape index (κ3) is 2.90. The highest BCUT2D eigenvalue weighted by Gasteiger charge is 2.42. The van der Waals surface area contributed by atoms with Crippen molar-refractivity contribution in [3.05, 3.63) is 40.1 Å². The predicted octanol–water partition coefficient (Wildman–Crippen LogP) is 3.37. The third-order valence-corrected chi connectivity index (χ3v) is 5.34. The van der Waals surface area contributed by atoms with Crippen molar-refractivity contribution in [1.29, 1.82) is 0 Å². The summed E-state index contributed by atoms with van der Waals surface area (Å²) in [5, 5.41) is 14.1. The zero-order chi connectivity index (χ0) is 16.8. The highest BCUT2D eigenvalue weighted by molar-refractivity contribution is 9.10. The first-order valence-corrected chi connectivity index (χ1v) is 8.59. The van der Waals surface area contributed by atoms with Crippen LogP contribution in [0.2, 0.25) is 0 Å². The Bertz CT molecular complexity index is 688. The smallest absolute Gasteiger partial charge is 0.324 e. The lowest BCUT2D eigenvalue weighted by Gasteiger charge is -2.42. The van der Waals surface area contributed by atoms with Crippen molar-refractivity contribution in [3.63, 3.8) is 0 Å². The molecule has 23 heavy (non-hydrogen) atoms. The lowest BCUT2D eigenvalue weighted by molar-refractivity contribution is 0.0272. The molecule has 0 spiro atoms. The number of nitrogens with zero attached hydrogens (tertiary/aromatic N) is 3. The van der Waals surface area contributed by atoms with Gasteiger partial charge in [0.15, 0.2) is 5.82 Å². The van der Waals surface area contributed by atoms with E-state index >= 15 is 0 Å². The Morgan fingerprint density at radius 3 is 2.43 bits per heavy atom. The van der Waals surface area contributed by atoms with Gasteiger partial charge in [0.2, 0.25) is 0 Å². The number of aliphatic hydroxyl groups is 1. The summed E-state index contributed by atoms with van der Waals surface area (Å²) in [6.07, 6.45) is 0. The number of hydrogen-bond donors (Lipinski definition) is 1. The molecular formula is C17H22BrN3O2. The van der Waals surface area contributed by atoms with Crippen LogP contribution in [0.4, 0.5) is 6.01 Å². The quantitative estimate of drug-likeness (QED) is 0.881. The summed E-state index contributed by atoms with van der Waals surface area (Å²) in [6, 6.07) is 8.73. The van der Waals surface area contributed by atoms with Gasteiger partial charge in [0.05, 0.1) is 24.1 Å².